The number of ether oxygens (including phenoxy) is 2. The minimum Gasteiger partial charge on any atom is -0.468 e. The molecule has 6 aromatic rings. The zero-order valence-electron chi connectivity index (χ0n) is 37.3. The minimum atomic E-state index is -4.04. The molecule has 68 heavy (non-hydrogen) atoms. The Labute approximate surface area is 423 Å². The van der Waals surface area contributed by atoms with Crippen LogP contribution in [-0.2, 0) is 50.2 Å². The fourth-order valence-corrected chi connectivity index (χ4v) is 14.4. The molecule has 4 heterocycles. The smallest absolute Gasteiger partial charge is 0.324 e. The number of methoxy groups -OCH3 is 2. The van der Waals surface area contributed by atoms with Gasteiger partial charge in [-0.3, -0.25) is 9.59 Å². The van der Waals surface area contributed by atoms with Crippen LogP contribution >= 0.6 is 45.2 Å². The zero-order valence-corrected chi connectivity index (χ0v) is 43.3. The predicted molar refractivity (Wildman–Crippen MR) is 278 cm³/mol. The summed E-state index contributed by atoms with van der Waals surface area (Å²) in [4.78, 5) is 26.2. The first-order valence-corrected chi connectivity index (χ1v) is 26.7. The van der Waals surface area contributed by atoms with Crippen molar-refractivity contribution < 1.29 is 35.9 Å². The third kappa shape index (κ3) is 8.18. The lowest BCUT2D eigenvalue weighted by Gasteiger charge is -2.34. The molecule has 0 radical (unpaired) electrons. The maximum atomic E-state index is 14.0. The van der Waals surface area contributed by atoms with Crippen LogP contribution in [0.3, 0.4) is 0 Å². The normalized spacial score (nSPS) is 23.6. The van der Waals surface area contributed by atoms with E-state index in [1.807, 2.05) is 111 Å². The summed E-state index contributed by atoms with van der Waals surface area (Å²) in [6.07, 6.45) is -1.05. The van der Waals surface area contributed by atoms with Crippen molar-refractivity contribution in [2.24, 2.45) is 0 Å². The number of carbonyl (C=O) groups excluding carboxylic acids is 2. The van der Waals surface area contributed by atoms with E-state index in [-0.39, 0.29) is 22.6 Å². The number of fused-ring (bicyclic) bond motifs is 6. The van der Waals surface area contributed by atoms with E-state index in [2.05, 4.69) is 66.4 Å². The number of halogens is 2. The molecule has 0 saturated carbocycles. The second kappa shape index (κ2) is 18.6. The number of carbonyl (C=O) groups is 2. The molecule has 2 fully saturated rings. The number of rotatable bonds is 10. The molecule has 4 aliphatic heterocycles. The van der Waals surface area contributed by atoms with E-state index in [1.54, 1.807) is 48.5 Å². The van der Waals surface area contributed by atoms with Crippen LogP contribution in [0.15, 0.2) is 155 Å². The van der Waals surface area contributed by atoms with Crippen molar-refractivity contribution in [1.82, 2.24) is 8.61 Å². The van der Waals surface area contributed by atoms with Gasteiger partial charge in [-0.25, -0.2) is 16.8 Å². The largest absolute Gasteiger partial charge is 0.468 e. The quantitative estimate of drug-likeness (QED) is 0.0761. The van der Waals surface area contributed by atoms with Crippen LogP contribution in [0.5, 0.6) is 0 Å². The van der Waals surface area contributed by atoms with E-state index in [9.17, 15) is 26.4 Å². The van der Waals surface area contributed by atoms with Gasteiger partial charge in [0, 0.05) is 53.9 Å². The molecule has 0 amide bonds. The third-order valence-corrected chi connectivity index (χ3v) is 18.7. The van der Waals surface area contributed by atoms with Crippen molar-refractivity contribution in [1.29, 1.82) is 0 Å². The molecular formula is C50H48I2N6O8S2. The van der Waals surface area contributed by atoms with Gasteiger partial charge in [-0.1, -0.05) is 96.1 Å². The maximum absolute atomic E-state index is 14.0. The number of nitrogens with one attached hydrogen (secondary N) is 4. The average Bonchev–Trinajstić information content (AvgIpc) is 4.03. The maximum Gasteiger partial charge on any atom is 0.324 e. The number of para-hydroxylation sites is 4. The summed E-state index contributed by atoms with van der Waals surface area (Å²) in [7, 11) is -5.52. The number of sulfonamides is 2. The van der Waals surface area contributed by atoms with Gasteiger partial charge in [-0.2, -0.15) is 8.61 Å². The Kier molecular flexibility index (Phi) is 13.1. The Balaban J connectivity index is 0.000000170. The summed E-state index contributed by atoms with van der Waals surface area (Å²) < 4.78 is 70.6. The Bertz CT molecular complexity index is 2940. The third-order valence-electron chi connectivity index (χ3n) is 13.1. The molecule has 0 aliphatic carbocycles. The number of nitrogens with zero attached hydrogens (tertiary/aromatic N) is 2. The van der Waals surface area contributed by atoms with Crippen LogP contribution in [0.2, 0.25) is 0 Å². The summed E-state index contributed by atoms with van der Waals surface area (Å²) >= 11 is 4.50. The first-order valence-electron chi connectivity index (χ1n) is 21.7. The number of hydrogen-bond acceptors (Lipinski definition) is 12. The summed E-state index contributed by atoms with van der Waals surface area (Å²) in [5, 5.41) is 14.1. The molecular weight excluding hydrogens is 1130 g/mol. The number of hydrogen-bond donors (Lipinski definition) is 4. The van der Waals surface area contributed by atoms with Gasteiger partial charge in [0.25, 0.3) is 0 Å². The number of esters is 2. The van der Waals surface area contributed by atoms with Crippen molar-refractivity contribution in [2.45, 2.75) is 72.0 Å². The van der Waals surface area contributed by atoms with Gasteiger partial charge in [0.2, 0.25) is 20.0 Å². The number of aryl methyl sites for hydroxylation is 2. The van der Waals surface area contributed by atoms with Crippen LogP contribution in [0.25, 0.3) is 0 Å². The van der Waals surface area contributed by atoms with E-state index >= 15 is 0 Å². The lowest BCUT2D eigenvalue weighted by atomic mass is 9.86. The Hall–Kier alpha value is -5.26. The van der Waals surface area contributed by atoms with Gasteiger partial charge < -0.3 is 30.7 Å². The fraction of sp³-hybridized carbons (Fsp3) is 0.240. The van der Waals surface area contributed by atoms with Crippen molar-refractivity contribution >= 4 is 99.9 Å². The molecule has 10 rings (SSSR count). The molecule has 0 aromatic heterocycles. The van der Waals surface area contributed by atoms with Gasteiger partial charge in [0.05, 0.1) is 24.0 Å². The molecule has 2 saturated heterocycles. The van der Waals surface area contributed by atoms with Crippen molar-refractivity contribution in [3.8, 4) is 0 Å². The molecule has 14 nitrogen and oxygen atoms in total. The highest BCUT2D eigenvalue weighted by molar-refractivity contribution is 14.1. The van der Waals surface area contributed by atoms with E-state index in [0.717, 1.165) is 52.1 Å². The van der Waals surface area contributed by atoms with Crippen molar-refractivity contribution in [3.63, 3.8) is 0 Å². The Morgan fingerprint density at radius 3 is 1.24 bits per heavy atom. The minimum absolute atomic E-state index is 0.134. The standard InChI is InChI=1S/2C25H24IN3O4S/c2*1-16-11-13-17(14-12-16)34(31,32)29-22(23(30)33-2)15-25(28-21-10-6-4-8-19(21)26)18-7-3-5-9-20(18)27-24(25)29/h2*3-14,22,24,27-28H,15H2,1-2H3/t2*22-,24-,25+/m11/s1. The molecule has 18 heteroatoms. The van der Waals surface area contributed by atoms with Gasteiger partial charge in [-0.05, 0) is 120 Å². The van der Waals surface area contributed by atoms with Gasteiger partial charge in [0.1, 0.15) is 35.5 Å². The summed E-state index contributed by atoms with van der Waals surface area (Å²) in [6, 6.07) is 42.4. The van der Waals surface area contributed by atoms with E-state index in [1.165, 1.54) is 22.8 Å². The predicted octanol–water partition coefficient (Wildman–Crippen LogP) is 8.59. The van der Waals surface area contributed by atoms with E-state index in [0.29, 0.717) is 0 Å². The summed E-state index contributed by atoms with van der Waals surface area (Å²) in [5.41, 5.74) is 5.36. The average molecular weight is 1180 g/mol. The van der Waals surface area contributed by atoms with Gasteiger partial charge in [0.15, 0.2) is 0 Å². The Morgan fingerprint density at radius 2 is 0.882 bits per heavy atom. The molecule has 4 N–H and O–H groups in total. The lowest BCUT2D eigenvalue weighted by molar-refractivity contribution is -0.145. The van der Waals surface area contributed by atoms with Crippen LogP contribution in [0, 0.1) is 21.0 Å². The highest BCUT2D eigenvalue weighted by Crippen LogP contribution is 2.55. The Morgan fingerprint density at radius 1 is 0.544 bits per heavy atom. The highest BCUT2D eigenvalue weighted by atomic mass is 127. The lowest BCUT2D eigenvalue weighted by Crippen LogP contribution is -2.51. The van der Waals surface area contributed by atoms with Crippen molar-refractivity contribution in [3.05, 3.63) is 175 Å². The van der Waals surface area contributed by atoms with E-state index < -0.39 is 67.5 Å². The first kappa shape index (κ1) is 47.8. The topological polar surface area (TPSA) is 175 Å². The molecule has 0 bridgehead atoms. The van der Waals surface area contributed by atoms with Crippen molar-refractivity contribution in [2.75, 3.05) is 35.5 Å². The highest BCUT2D eigenvalue weighted by Gasteiger charge is 2.65. The van der Waals surface area contributed by atoms with Gasteiger partial charge >= 0.3 is 11.9 Å². The van der Waals surface area contributed by atoms with Crippen LogP contribution < -0.4 is 21.3 Å². The molecule has 4 aliphatic rings. The van der Waals surface area contributed by atoms with Gasteiger partial charge in [-0.15, -0.1) is 0 Å². The number of benzene rings is 6. The molecule has 6 aromatic carbocycles. The van der Waals surface area contributed by atoms with Crippen LogP contribution in [0.1, 0.15) is 35.1 Å². The summed E-state index contributed by atoms with van der Waals surface area (Å²) in [5.74, 6) is -1.18. The number of anilines is 4. The second-order valence-electron chi connectivity index (χ2n) is 17.1. The second-order valence-corrected chi connectivity index (χ2v) is 23.1. The SMILES string of the molecule is COC(=O)[C@H]1C[C@]2(Nc3ccccc3I)c3ccccc3N[C@@H]2N1S(=O)(=O)c1ccc(C)cc1.COC(=O)[C@H]1C[C@]2(Nc3ccccc3I)c3ccccc3N[C@@H]2N1S(=O)(=O)c1ccc(C)cc1. The fourth-order valence-electron chi connectivity index (χ4n) is 9.89. The first-order chi connectivity index (χ1) is 32.5. The molecule has 0 spiro atoms. The molecule has 6 atom stereocenters. The molecule has 352 valence electrons. The summed E-state index contributed by atoms with van der Waals surface area (Å²) in [6.45, 7) is 3.80. The molecule has 0 unspecified atom stereocenters. The van der Waals surface area contributed by atoms with Crippen LogP contribution in [-0.4, -0.2) is 76.0 Å². The monoisotopic (exact) mass is 1180 g/mol. The zero-order chi connectivity index (χ0) is 48.2. The van der Waals surface area contributed by atoms with E-state index in [4.69, 9.17) is 9.47 Å². The van der Waals surface area contributed by atoms with Crippen LogP contribution in [0.4, 0.5) is 22.7 Å².